The Morgan fingerprint density at radius 1 is 1.07 bits per heavy atom. The molecule has 140 valence electrons. The Hall–Kier alpha value is -2.00. The first-order chi connectivity index (χ1) is 12.8. The number of hydrogen-bond acceptors (Lipinski definition) is 3. The average Bonchev–Trinajstić information content (AvgIpc) is 3.46. The second kappa shape index (κ2) is 8.35. The molecule has 2 aromatic carbocycles. The van der Waals surface area contributed by atoms with Gasteiger partial charge in [0.25, 0.3) is 5.91 Å². The van der Waals surface area contributed by atoms with Crippen molar-refractivity contribution in [3.63, 3.8) is 0 Å². The average molecular weight is 493 g/mol. The molecule has 0 spiro atoms. The van der Waals surface area contributed by atoms with Gasteiger partial charge in [0.1, 0.15) is 0 Å². The molecule has 0 unspecified atom stereocenters. The predicted octanol–water partition coefficient (Wildman–Crippen LogP) is 4.38. The molecule has 2 aromatic rings. The van der Waals surface area contributed by atoms with E-state index in [1.807, 2.05) is 44.2 Å². The number of aryl methyl sites for hydroxylation is 1. The summed E-state index contributed by atoms with van der Waals surface area (Å²) in [5.41, 5.74) is 4.03. The van der Waals surface area contributed by atoms with E-state index in [9.17, 15) is 9.59 Å². The molecule has 5 nitrogen and oxygen atoms in total. The second-order valence-electron chi connectivity index (χ2n) is 6.61. The van der Waals surface area contributed by atoms with Gasteiger partial charge in [-0.1, -0.05) is 12.1 Å². The maximum absolute atomic E-state index is 12.4. The smallest absolute Gasteiger partial charge is 0.257 e. The van der Waals surface area contributed by atoms with Gasteiger partial charge in [-0.2, -0.15) is 0 Å². The number of nitrogens with one attached hydrogen (secondary N) is 3. The van der Waals surface area contributed by atoms with Crippen LogP contribution in [-0.4, -0.2) is 16.9 Å². The van der Waals surface area contributed by atoms with Crippen molar-refractivity contribution in [2.24, 2.45) is 5.92 Å². The number of rotatable bonds is 4. The molecule has 1 aliphatic carbocycles. The van der Waals surface area contributed by atoms with Crippen molar-refractivity contribution >= 4 is 63.1 Å². The van der Waals surface area contributed by atoms with Crippen molar-refractivity contribution in [3.05, 3.63) is 56.7 Å². The first-order valence-electron chi connectivity index (χ1n) is 8.64. The zero-order valence-corrected chi connectivity index (χ0v) is 18.0. The molecular formula is C20H20IN3O2S. The summed E-state index contributed by atoms with van der Waals surface area (Å²) >= 11 is 7.48. The highest BCUT2D eigenvalue weighted by Gasteiger charge is 2.29. The van der Waals surface area contributed by atoms with Gasteiger partial charge < -0.3 is 10.6 Å². The predicted molar refractivity (Wildman–Crippen MR) is 120 cm³/mol. The van der Waals surface area contributed by atoms with Crippen LogP contribution in [0.15, 0.2) is 36.4 Å². The molecule has 1 saturated carbocycles. The highest BCUT2D eigenvalue weighted by Crippen LogP contribution is 2.31. The van der Waals surface area contributed by atoms with Gasteiger partial charge in [-0.05, 0) is 96.9 Å². The molecule has 0 bridgehead atoms. The zero-order chi connectivity index (χ0) is 19.6. The Labute approximate surface area is 177 Å². The molecule has 1 fully saturated rings. The monoisotopic (exact) mass is 493 g/mol. The third kappa shape index (κ3) is 5.04. The maximum atomic E-state index is 12.4. The summed E-state index contributed by atoms with van der Waals surface area (Å²) in [6.07, 6.45) is 1.91. The van der Waals surface area contributed by atoms with E-state index in [-0.39, 0.29) is 22.8 Å². The van der Waals surface area contributed by atoms with Gasteiger partial charge in [-0.15, -0.1) is 0 Å². The van der Waals surface area contributed by atoms with Crippen molar-refractivity contribution < 1.29 is 9.59 Å². The van der Waals surface area contributed by atoms with Crippen LogP contribution in [0.5, 0.6) is 0 Å². The standard InChI is InChI=1S/C20H20IN3O2S/c1-11-6-7-14(10-15(11)21)19(26)24-20(27)23-17-5-3-4-16(12(17)2)22-18(25)13-8-9-13/h3-7,10,13H,8-9H2,1-2H3,(H,22,25)(H2,23,24,26,27). The first kappa shape index (κ1) is 19.8. The number of anilines is 2. The number of benzene rings is 2. The fourth-order valence-corrected chi connectivity index (χ4v) is 3.27. The van der Waals surface area contributed by atoms with Gasteiger partial charge in [-0.25, -0.2) is 0 Å². The van der Waals surface area contributed by atoms with Crippen molar-refractivity contribution in [1.29, 1.82) is 0 Å². The van der Waals surface area contributed by atoms with Crippen LogP contribution in [0.25, 0.3) is 0 Å². The van der Waals surface area contributed by atoms with Crippen molar-refractivity contribution in [1.82, 2.24) is 5.32 Å². The van der Waals surface area contributed by atoms with Gasteiger partial charge in [0.15, 0.2) is 5.11 Å². The number of carbonyl (C=O) groups excluding carboxylic acids is 2. The van der Waals surface area contributed by atoms with Crippen LogP contribution in [0.4, 0.5) is 11.4 Å². The fraction of sp³-hybridized carbons (Fsp3) is 0.250. The van der Waals surface area contributed by atoms with E-state index in [2.05, 4.69) is 38.5 Å². The number of hydrogen-bond donors (Lipinski definition) is 3. The zero-order valence-electron chi connectivity index (χ0n) is 15.1. The summed E-state index contributed by atoms with van der Waals surface area (Å²) in [6, 6.07) is 11.1. The summed E-state index contributed by atoms with van der Waals surface area (Å²) < 4.78 is 1.02. The van der Waals surface area contributed by atoms with Crippen molar-refractivity contribution in [2.45, 2.75) is 26.7 Å². The van der Waals surface area contributed by atoms with Crippen LogP contribution in [0.2, 0.25) is 0 Å². The minimum Gasteiger partial charge on any atom is -0.332 e. The van der Waals surface area contributed by atoms with Crippen LogP contribution in [0.3, 0.4) is 0 Å². The highest BCUT2D eigenvalue weighted by molar-refractivity contribution is 14.1. The lowest BCUT2D eigenvalue weighted by Crippen LogP contribution is -2.34. The quantitative estimate of drug-likeness (QED) is 0.437. The Morgan fingerprint density at radius 2 is 1.74 bits per heavy atom. The topological polar surface area (TPSA) is 70.2 Å². The molecule has 2 amide bonds. The molecular weight excluding hydrogens is 473 g/mol. The Balaban J connectivity index is 1.65. The summed E-state index contributed by atoms with van der Waals surface area (Å²) in [7, 11) is 0. The fourth-order valence-electron chi connectivity index (χ4n) is 2.55. The summed E-state index contributed by atoms with van der Waals surface area (Å²) in [5, 5.41) is 8.91. The highest BCUT2D eigenvalue weighted by atomic mass is 127. The van der Waals surface area contributed by atoms with Gasteiger partial charge in [-0.3, -0.25) is 14.9 Å². The van der Waals surface area contributed by atoms with Crippen LogP contribution in [0, 0.1) is 23.3 Å². The van der Waals surface area contributed by atoms with E-state index in [1.165, 1.54) is 0 Å². The Morgan fingerprint density at radius 3 is 2.37 bits per heavy atom. The van der Waals surface area contributed by atoms with Gasteiger partial charge in [0.2, 0.25) is 5.91 Å². The molecule has 0 radical (unpaired) electrons. The summed E-state index contributed by atoms with van der Waals surface area (Å²) in [6.45, 7) is 3.89. The lowest BCUT2D eigenvalue weighted by atomic mass is 10.1. The molecule has 0 atom stereocenters. The number of carbonyl (C=O) groups is 2. The number of halogens is 1. The molecule has 0 heterocycles. The molecule has 3 N–H and O–H groups in total. The lowest BCUT2D eigenvalue weighted by molar-refractivity contribution is -0.117. The molecule has 0 aliphatic heterocycles. The van der Waals surface area contributed by atoms with E-state index >= 15 is 0 Å². The van der Waals surface area contributed by atoms with E-state index < -0.39 is 0 Å². The van der Waals surface area contributed by atoms with Gasteiger partial charge >= 0.3 is 0 Å². The van der Waals surface area contributed by atoms with Gasteiger partial charge in [0.05, 0.1) is 0 Å². The normalized spacial score (nSPS) is 13.0. The van der Waals surface area contributed by atoms with Crippen molar-refractivity contribution in [3.8, 4) is 0 Å². The Kier molecular flexibility index (Phi) is 6.11. The molecule has 0 aromatic heterocycles. The van der Waals surface area contributed by atoms with Crippen LogP contribution in [0.1, 0.15) is 34.3 Å². The van der Waals surface area contributed by atoms with E-state index in [0.717, 1.165) is 38.9 Å². The van der Waals surface area contributed by atoms with Gasteiger partial charge in [0, 0.05) is 26.4 Å². The minimum atomic E-state index is -0.263. The SMILES string of the molecule is Cc1ccc(C(=O)NC(=S)Nc2cccc(NC(=O)C3CC3)c2C)cc1I. The number of thiocarbonyl (C=S) groups is 1. The summed E-state index contributed by atoms with van der Waals surface area (Å²) in [4.78, 5) is 24.4. The third-order valence-corrected chi connectivity index (χ3v) is 5.82. The van der Waals surface area contributed by atoms with Crippen molar-refractivity contribution in [2.75, 3.05) is 10.6 Å². The third-order valence-electron chi connectivity index (χ3n) is 4.45. The lowest BCUT2D eigenvalue weighted by Gasteiger charge is -2.15. The molecule has 0 saturated heterocycles. The summed E-state index contributed by atoms with van der Waals surface area (Å²) in [5.74, 6) is -0.0694. The number of amides is 2. The molecule has 3 rings (SSSR count). The minimum absolute atomic E-state index is 0.0557. The molecule has 1 aliphatic rings. The second-order valence-corrected chi connectivity index (χ2v) is 8.18. The van der Waals surface area contributed by atoms with Crippen LogP contribution < -0.4 is 16.0 Å². The van der Waals surface area contributed by atoms with E-state index in [4.69, 9.17) is 12.2 Å². The Bertz CT molecular complexity index is 925. The molecule has 27 heavy (non-hydrogen) atoms. The van der Waals surface area contributed by atoms with Crippen LogP contribution in [-0.2, 0) is 4.79 Å². The first-order valence-corrected chi connectivity index (χ1v) is 10.1. The van der Waals surface area contributed by atoms with E-state index in [1.54, 1.807) is 6.07 Å². The molecule has 7 heteroatoms. The largest absolute Gasteiger partial charge is 0.332 e. The van der Waals surface area contributed by atoms with E-state index in [0.29, 0.717) is 5.56 Å². The van der Waals surface area contributed by atoms with Crippen LogP contribution >= 0.6 is 34.8 Å². The maximum Gasteiger partial charge on any atom is 0.257 e.